The Balaban J connectivity index is 1.53. The van der Waals surface area contributed by atoms with Crippen molar-refractivity contribution in [3.8, 4) is 5.75 Å². The number of carbonyl (C=O) groups is 3. The van der Waals surface area contributed by atoms with Crippen molar-refractivity contribution < 1.29 is 19.1 Å². The predicted octanol–water partition coefficient (Wildman–Crippen LogP) is 6.32. The van der Waals surface area contributed by atoms with Crippen LogP contribution in [0.25, 0.3) is 6.08 Å². The average molecular weight is 526 g/mol. The molecule has 4 aromatic rings. The van der Waals surface area contributed by atoms with Gasteiger partial charge in [0.15, 0.2) is 17.3 Å². The smallest absolute Gasteiger partial charge is 0.185 e. The lowest BCUT2D eigenvalue weighted by atomic mass is 9.64. The van der Waals surface area contributed by atoms with E-state index in [1.807, 2.05) is 96.8 Å². The average Bonchev–Trinajstić information content (AvgIpc) is 3.43. The highest BCUT2D eigenvalue weighted by Gasteiger charge is 2.71. The molecule has 3 atom stereocenters. The normalized spacial score (nSPS) is 21.8. The van der Waals surface area contributed by atoms with Gasteiger partial charge in [0.05, 0.1) is 13.2 Å². The molecule has 3 aliphatic rings. The molecule has 1 aliphatic carbocycles. The zero-order valence-corrected chi connectivity index (χ0v) is 22.2. The number of Topliss-reactive ketones (excluding diaryl/α,β-unsaturated/α-hetero) is 3. The molecule has 196 valence electrons. The van der Waals surface area contributed by atoms with Gasteiger partial charge in [-0.05, 0) is 36.2 Å². The number of rotatable bonds is 4. The molecule has 2 heterocycles. The monoisotopic (exact) mass is 525 g/mol. The van der Waals surface area contributed by atoms with Crippen molar-refractivity contribution in [2.24, 2.45) is 5.41 Å². The molecular weight excluding hydrogens is 498 g/mol. The van der Waals surface area contributed by atoms with Crippen molar-refractivity contribution in [1.29, 1.82) is 0 Å². The van der Waals surface area contributed by atoms with E-state index in [0.29, 0.717) is 22.4 Å². The number of carbonyl (C=O) groups excluding carboxylic acids is 3. The Kier molecular flexibility index (Phi) is 5.39. The first kappa shape index (κ1) is 24.3. The Bertz CT molecular complexity index is 1680. The molecule has 0 saturated carbocycles. The van der Waals surface area contributed by atoms with Crippen LogP contribution in [0.1, 0.15) is 53.7 Å². The first-order chi connectivity index (χ1) is 19.5. The number of hydrogen-bond acceptors (Lipinski definition) is 5. The van der Waals surface area contributed by atoms with E-state index in [1.165, 1.54) is 0 Å². The van der Waals surface area contributed by atoms with Gasteiger partial charge in [0.2, 0.25) is 0 Å². The molecule has 7 rings (SSSR count). The third kappa shape index (κ3) is 3.18. The Morgan fingerprint density at radius 3 is 2.08 bits per heavy atom. The Hall–Kier alpha value is -4.77. The Morgan fingerprint density at radius 2 is 1.43 bits per heavy atom. The SMILES string of the molecule is COc1ccc([C@H]2[C@H](C(=O)c3ccc(C)cc3)N3c4ccccc4C=C[C@@H]3C23C(=O)c2ccccc2C3=O)cc1. The van der Waals surface area contributed by atoms with Gasteiger partial charge < -0.3 is 9.64 Å². The van der Waals surface area contributed by atoms with Crippen molar-refractivity contribution in [3.63, 3.8) is 0 Å². The fourth-order valence-electron chi connectivity index (χ4n) is 6.99. The Labute approximate surface area is 232 Å². The zero-order valence-electron chi connectivity index (χ0n) is 22.2. The lowest BCUT2D eigenvalue weighted by Crippen LogP contribution is -2.48. The minimum absolute atomic E-state index is 0.121. The first-order valence-electron chi connectivity index (χ1n) is 13.5. The Morgan fingerprint density at radius 1 is 0.800 bits per heavy atom. The van der Waals surface area contributed by atoms with Gasteiger partial charge in [-0.15, -0.1) is 0 Å². The molecule has 4 aromatic carbocycles. The molecule has 1 fully saturated rings. The molecule has 40 heavy (non-hydrogen) atoms. The molecule has 0 bridgehead atoms. The van der Waals surface area contributed by atoms with Crippen molar-refractivity contribution >= 4 is 29.1 Å². The highest BCUT2D eigenvalue weighted by molar-refractivity contribution is 6.32. The highest BCUT2D eigenvalue weighted by Crippen LogP contribution is 2.61. The number of anilines is 1. The molecule has 5 nitrogen and oxygen atoms in total. The summed E-state index contributed by atoms with van der Waals surface area (Å²) in [5.41, 5.74) is 3.46. The molecule has 1 spiro atoms. The van der Waals surface area contributed by atoms with Crippen LogP contribution in [-0.2, 0) is 0 Å². The van der Waals surface area contributed by atoms with Crippen LogP contribution in [0.5, 0.6) is 5.75 Å². The van der Waals surface area contributed by atoms with Crippen LogP contribution in [0.15, 0.2) is 103 Å². The van der Waals surface area contributed by atoms with E-state index in [1.54, 1.807) is 31.4 Å². The summed E-state index contributed by atoms with van der Waals surface area (Å²) >= 11 is 0. The van der Waals surface area contributed by atoms with E-state index >= 15 is 0 Å². The largest absolute Gasteiger partial charge is 0.497 e. The second-order valence-corrected chi connectivity index (χ2v) is 10.8. The van der Waals surface area contributed by atoms with E-state index in [9.17, 15) is 14.4 Å². The van der Waals surface area contributed by atoms with Crippen molar-refractivity contribution in [2.45, 2.75) is 24.9 Å². The summed E-state index contributed by atoms with van der Waals surface area (Å²) in [5, 5.41) is 0. The fraction of sp³-hybridized carbons (Fsp3) is 0.171. The number of nitrogens with zero attached hydrogens (tertiary/aromatic N) is 1. The molecule has 2 aliphatic heterocycles. The van der Waals surface area contributed by atoms with Crippen LogP contribution in [0, 0.1) is 12.3 Å². The molecule has 0 radical (unpaired) electrons. The van der Waals surface area contributed by atoms with E-state index < -0.39 is 23.4 Å². The van der Waals surface area contributed by atoms with Gasteiger partial charge in [0.1, 0.15) is 17.2 Å². The summed E-state index contributed by atoms with van der Waals surface area (Å²) in [5.74, 6) is -0.656. The lowest BCUT2D eigenvalue weighted by molar-refractivity contribution is 0.0666. The third-order valence-corrected chi connectivity index (χ3v) is 8.79. The van der Waals surface area contributed by atoms with Crippen LogP contribution < -0.4 is 9.64 Å². The van der Waals surface area contributed by atoms with Gasteiger partial charge in [-0.1, -0.05) is 96.6 Å². The number of hydrogen-bond donors (Lipinski definition) is 0. The number of ether oxygens (including phenoxy) is 1. The topological polar surface area (TPSA) is 63.7 Å². The lowest BCUT2D eigenvalue weighted by Gasteiger charge is -2.37. The van der Waals surface area contributed by atoms with E-state index in [2.05, 4.69) is 0 Å². The van der Waals surface area contributed by atoms with Gasteiger partial charge in [0.25, 0.3) is 0 Å². The number of benzene rings is 4. The number of ketones is 3. The molecule has 0 unspecified atom stereocenters. The number of aryl methyl sites for hydroxylation is 1. The molecule has 1 saturated heterocycles. The molecule has 0 amide bonds. The maximum absolute atomic E-state index is 14.6. The van der Waals surface area contributed by atoms with Gasteiger partial charge in [-0.3, -0.25) is 14.4 Å². The summed E-state index contributed by atoms with van der Waals surface area (Å²) in [6.45, 7) is 1.98. The number of fused-ring (bicyclic) bond motifs is 5. The van der Waals surface area contributed by atoms with Gasteiger partial charge in [-0.25, -0.2) is 0 Å². The molecule has 0 N–H and O–H groups in total. The standard InChI is InChI=1S/C35H27NO4/c1-21-11-13-24(14-12-21)32(37)31-30(23-15-18-25(40-2)19-16-23)35(33(38)26-8-4-5-9-27(26)34(35)39)29-20-17-22-7-3-6-10-28(22)36(29)31/h3-20,29-31H,1-2H3/t29-,30+,31-/m1/s1. The van der Waals surface area contributed by atoms with Gasteiger partial charge >= 0.3 is 0 Å². The van der Waals surface area contributed by atoms with E-state index in [-0.39, 0.29) is 17.3 Å². The van der Waals surface area contributed by atoms with Crippen molar-refractivity contribution in [2.75, 3.05) is 12.0 Å². The summed E-state index contributed by atoms with van der Waals surface area (Å²) in [4.78, 5) is 46.0. The van der Waals surface area contributed by atoms with E-state index in [4.69, 9.17) is 4.74 Å². The second-order valence-electron chi connectivity index (χ2n) is 10.8. The zero-order chi connectivity index (χ0) is 27.6. The van der Waals surface area contributed by atoms with Gasteiger partial charge in [-0.2, -0.15) is 0 Å². The first-order valence-corrected chi connectivity index (χ1v) is 13.5. The van der Waals surface area contributed by atoms with Crippen LogP contribution in [0.2, 0.25) is 0 Å². The van der Waals surface area contributed by atoms with Crippen LogP contribution in [-0.4, -0.2) is 36.5 Å². The van der Waals surface area contributed by atoms with Crippen LogP contribution in [0.4, 0.5) is 5.69 Å². The molecular formula is C35H27NO4. The third-order valence-electron chi connectivity index (χ3n) is 8.79. The molecule has 0 aromatic heterocycles. The second kappa shape index (κ2) is 8.88. The highest BCUT2D eigenvalue weighted by atomic mass is 16.5. The maximum atomic E-state index is 14.6. The van der Waals surface area contributed by atoms with Crippen molar-refractivity contribution in [3.05, 3.63) is 137 Å². The summed E-state index contributed by atoms with van der Waals surface area (Å²) in [6, 6.07) is 28.4. The van der Waals surface area contributed by atoms with E-state index in [0.717, 1.165) is 22.4 Å². The molecule has 5 heteroatoms. The number of para-hydroxylation sites is 1. The minimum Gasteiger partial charge on any atom is -0.497 e. The fourth-order valence-corrected chi connectivity index (χ4v) is 6.99. The predicted molar refractivity (Wildman–Crippen MR) is 154 cm³/mol. The van der Waals surface area contributed by atoms with Crippen LogP contribution >= 0.6 is 0 Å². The van der Waals surface area contributed by atoms with Gasteiger partial charge in [0, 0.05) is 28.3 Å². The summed E-state index contributed by atoms with van der Waals surface area (Å²) in [6.07, 6.45) is 3.93. The summed E-state index contributed by atoms with van der Waals surface area (Å²) < 4.78 is 5.42. The quantitative estimate of drug-likeness (QED) is 0.231. The maximum Gasteiger partial charge on any atom is 0.185 e. The minimum atomic E-state index is -1.51. The van der Waals surface area contributed by atoms with Crippen molar-refractivity contribution in [1.82, 2.24) is 0 Å². The summed E-state index contributed by atoms with van der Waals surface area (Å²) in [7, 11) is 1.60. The van der Waals surface area contributed by atoms with Crippen LogP contribution in [0.3, 0.4) is 0 Å². The number of methoxy groups -OCH3 is 1.